The van der Waals surface area contributed by atoms with Crippen LogP contribution in [0.1, 0.15) is 32.7 Å². The van der Waals surface area contributed by atoms with Crippen LogP contribution in [-0.4, -0.2) is 25.5 Å². The molecule has 5 nitrogen and oxygen atoms in total. The number of nitrogens with two attached hydrogens (primary N) is 1. The molecule has 0 aromatic heterocycles. The van der Waals surface area contributed by atoms with Crippen LogP contribution >= 0.6 is 0 Å². The maximum absolute atomic E-state index is 13.5. The fourth-order valence-electron chi connectivity index (χ4n) is 2.91. The summed E-state index contributed by atoms with van der Waals surface area (Å²) in [5.41, 5.74) is 7.73. The molecule has 0 bridgehead atoms. The molecule has 124 valence electrons. The van der Waals surface area contributed by atoms with E-state index in [-0.39, 0.29) is 11.7 Å². The second kappa shape index (κ2) is 6.31. The van der Waals surface area contributed by atoms with Gasteiger partial charge < -0.3 is 15.4 Å². The number of anilines is 1. The molecule has 3 rings (SSSR count). The van der Waals surface area contributed by atoms with Gasteiger partial charge in [0, 0.05) is 23.4 Å². The minimum atomic E-state index is -0.515. The summed E-state index contributed by atoms with van der Waals surface area (Å²) in [6.07, 6.45) is 1.55. The van der Waals surface area contributed by atoms with Gasteiger partial charge in [0.05, 0.1) is 7.11 Å². The van der Waals surface area contributed by atoms with Crippen LogP contribution in [0.25, 0.3) is 0 Å². The number of primary amides is 1. The van der Waals surface area contributed by atoms with Gasteiger partial charge in [0.25, 0.3) is 5.91 Å². The average molecular weight is 328 g/mol. The van der Waals surface area contributed by atoms with Gasteiger partial charge in [-0.3, -0.25) is 9.59 Å². The van der Waals surface area contributed by atoms with Crippen molar-refractivity contribution in [3.63, 3.8) is 0 Å². The van der Waals surface area contributed by atoms with E-state index < -0.39 is 11.7 Å². The third kappa shape index (κ3) is 2.82. The zero-order chi connectivity index (χ0) is 17.3. The summed E-state index contributed by atoms with van der Waals surface area (Å²) >= 11 is 0. The lowest BCUT2D eigenvalue weighted by Gasteiger charge is -2.30. The van der Waals surface area contributed by atoms with E-state index in [0.717, 1.165) is 24.1 Å². The average Bonchev–Trinajstić information content (AvgIpc) is 2.60. The van der Waals surface area contributed by atoms with E-state index in [9.17, 15) is 14.0 Å². The molecular formula is C18H17FN2O3. The first-order chi connectivity index (χ1) is 11.5. The van der Waals surface area contributed by atoms with Crippen LogP contribution in [-0.2, 0) is 6.42 Å². The second-order valence-corrected chi connectivity index (χ2v) is 5.62. The zero-order valence-corrected chi connectivity index (χ0v) is 13.2. The zero-order valence-electron chi connectivity index (χ0n) is 13.2. The molecule has 2 amide bonds. The van der Waals surface area contributed by atoms with Gasteiger partial charge in [-0.15, -0.1) is 0 Å². The van der Waals surface area contributed by atoms with Crippen molar-refractivity contribution in [2.75, 3.05) is 18.6 Å². The van der Waals surface area contributed by atoms with Gasteiger partial charge in [0.2, 0.25) is 5.91 Å². The largest absolute Gasteiger partial charge is 0.494 e. The first-order valence-electron chi connectivity index (χ1n) is 7.59. The molecule has 1 heterocycles. The Balaban J connectivity index is 1.97. The highest BCUT2D eigenvalue weighted by Crippen LogP contribution is 2.30. The Morgan fingerprint density at radius 3 is 2.62 bits per heavy atom. The molecule has 24 heavy (non-hydrogen) atoms. The van der Waals surface area contributed by atoms with Gasteiger partial charge in [0.15, 0.2) is 11.6 Å². The number of rotatable bonds is 3. The van der Waals surface area contributed by atoms with Crippen LogP contribution in [0, 0.1) is 5.82 Å². The normalized spacial score (nSPS) is 13.3. The molecule has 0 fully saturated rings. The fraction of sp³-hybridized carbons (Fsp3) is 0.222. The van der Waals surface area contributed by atoms with Crippen LogP contribution in [0.3, 0.4) is 0 Å². The summed E-state index contributed by atoms with van der Waals surface area (Å²) in [6, 6.07) is 9.11. The number of amides is 2. The Morgan fingerprint density at radius 2 is 1.92 bits per heavy atom. The van der Waals surface area contributed by atoms with Crippen molar-refractivity contribution in [2.45, 2.75) is 12.8 Å². The number of hydrogen-bond donors (Lipinski definition) is 1. The molecule has 0 aliphatic carbocycles. The Bertz CT molecular complexity index is 820. The molecule has 0 radical (unpaired) electrons. The highest BCUT2D eigenvalue weighted by Gasteiger charge is 2.25. The Labute approximate surface area is 138 Å². The van der Waals surface area contributed by atoms with E-state index in [1.54, 1.807) is 23.1 Å². The van der Waals surface area contributed by atoms with E-state index in [2.05, 4.69) is 0 Å². The van der Waals surface area contributed by atoms with Crippen molar-refractivity contribution < 1.29 is 18.7 Å². The lowest BCUT2D eigenvalue weighted by molar-refractivity contribution is 0.0982. The van der Waals surface area contributed by atoms with Crippen LogP contribution in [0.4, 0.5) is 10.1 Å². The van der Waals surface area contributed by atoms with Gasteiger partial charge in [-0.25, -0.2) is 4.39 Å². The first kappa shape index (κ1) is 16.0. The molecule has 6 heteroatoms. The van der Waals surface area contributed by atoms with Gasteiger partial charge in [-0.05, 0) is 54.8 Å². The molecule has 0 saturated heterocycles. The quantitative estimate of drug-likeness (QED) is 0.941. The van der Waals surface area contributed by atoms with Crippen LogP contribution in [0.5, 0.6) is 5.75 Å². The number of ether oxygens (including phenoxy) is 1. The van der Waals surface area contributed by atoms with Crippen molar-refractivity contribution in [1.82, 2.24) is 0 Å². The molecule has 0 saturated carbocycles. The van der Waals surface area contributed by atoms with Gasteiger partial charge >= 0.3 is 0 Å². The van der Waals surface area contributed by atoms with Gasteiger partial charge in [-0.2, -0.15) is 0 Å². The van der Waals surface area contributed by atoms with Crippen LogP contribution in [0.15, 0.2) is 36.4 Å². The van der Waals surface area contributed by atoms with E-state index in [1.807, 2.05) is 0 Å². The molecule has 1 aliphatic heterocycles. The summed E-state index contributed by atoms with van der Waals surface area (Å²) in [5.74, 6) is -1.22. The summed E-state index contributed by atoms with van der Waals surface area (Å²) in [6.45, 7) is 0.557. The molecular weight excluding hydrogens is 311 g/mol. The van der Waals surface area contributed by atoms with Crippen molar-refractivity contribution >= 4 is 17.5 Å². The molecule has 1 aliphatic rings. The Kier molecular flexibility index (Phi) is 4.20. The monoisotopic (exact) mass is 328 g/mol. The van der Waals surface area contributed by atoms with Crippen LogP contribution in [0.2, 0.25) is 0 Å². The summed E-state index contributed by atoms with van der Waals surface area (Å²) in [7, 11) is 1.36. The molecule has 2 aromatic rings. The number of aryl methyl sites for hydroxylation is 1. The Morgan fingerprint density at radius 1 is 1.17 bits per heavy atom. The lowest BCUT2D eigenvalue weighted by Crippen LogP contribution is -2.35. The number of halogens is 1. The predicted octanol–water partition coefficient (Wildman–Crippen LogP) is 2.53. The minimum Gasteiger partial charge on any atom is -0.494 e. The molecule has 2 aromatic carbocycles. The van der Waals surface area contributed by atoms with E-state index in [0.29, 0.717) is 17.7 Å². The number of carbonyl (C=O) groups excluding carboxylic acids is 2. The number of hydrogen-bond acceptors (Lipinski definition) is 3. The third-order valence-electron chi connectivity index (χ3n) is 4.13. The standard InChI is InChI=1S/C18H17FN2O3/c1-24-16-10-13(4-6-14(16)19)18(23)21-8-2-3-11-9-12(17(20)22)5-7-15(11)21/h4-7,9-10H,2-3,8H2,1H3,(H2,20,22). The van der Waals surface area contributed by atoms with E-state index in [4.69, 9.17) is 10.5 Å². The summed E-state index contributed by atoms with van der Waals surface area (Å²) in [4.78, 5) is 25.8. The number of carbonyl (C=O) groups is 2. The molecule has 2 N–H and O–H groups in total. The number of benzene rings is 2. The van der Waals surface area contributed by atoms with Crippen LogP contribution < -0.4 is 15.4 Å². The van der Waals surface area contributed by atoms with Gasteiger partial charge in [-0.1, -0.05) is 0 Å². The Hall–Kier alpha value is -2.89. The number of fused-ring (bicyclic) bond motifs is 1. The van der Waals surface area contributed by atoms with E-state index in [1.165, 1.54) is 25.3 Å². The highest BCUT2D eigenvalue weighted by molar-refractivity contribution is 6.07. The minimum absolute atomic E-state index is 0.0298. The maximum Gasteiger partial charge on any atom is 0.258 e. The summed E-state index contributed by atoms with van der Waals surface area (Å²) in [5, 5.41) is 0. The topological polar surface area (TPSA) is 72.6 Å². The molecule has 0 spiro atoms. The van der Waals surface area contributed by atoms with Gasteiger partial charge in [0.1, 0.15) is 0 Å². The number of methoxy groups -OCH3 is 1. The molecule has 0 atom stereocenters. The predicted molar refractivity (Wildman–Crippen MR) is 87.9 cm³/mol. The summed E-state index contributed by atoms with van der Waals surface area (Å²) < 4.78 is 18.5. The smallest absolute Gasteiger partial charge is 0.258 e. The lowest BCUT2D eigenvalue weighted by atomic mass is 9.98. The fourth-order valence-corrected chi connectivity index (χ4v) is 2.91. The first-order valence-corrected chi connectivity index (χ1v) is 7.59. The third-order valence-corrected chi connectivity index (χ3v) is 4.13. The van der Waals surface area contributed by atoms with Crippen molar-refractivity contribution in [2.24, 2.45) is 5.73 Å². The maximum atomic E-state index is 13.5. The van der Waals surface area contributed by atoms with E-state index >= 15 is 0 Å². The van der Waals surface area contributed by atoms with Crippen molar-refractivity contribution in [3.05, 3.63) is 58.9 Å². The second-order valence-electron chi connectivity index (χ2n) is 5.62. The highest BCUT2D eigenvalue weighted by atomic mass is 19.1. The van der Waals surface area contributed by atoms with Crippen molar-refractivity contribution in [3.8, 4) is 5.75 Å². The van der Waals surface area contributed by atoms with Crippen molar-refractivity contribution in [1.29, 1.82) is 0 Å². The SMILES string of the molecule is COc1cc(C(=O)N2CCCc3cc(C(N)=O)ccc32)ccc1F. The molecule has 0 unspecified atom stereocenters. The number of nitrogens with zero attached hydrogens (tertiary/aromatic N) is 1.